The lowest BCUT2D eigenvalue weighted by molar-refractivity contribution is 0.0960. The van der Waals surface area contributed by atoms with Crippen LogP contribution < -0.4 is 0 Å². The van der Waals surface area contributed by atoms with E-state index in [0.29, 0.717) is 5.82 Å². The summed E-state index contributed by atoms with van der Waals surface area (Å²) >= 11 is 1.76. The average Bonchev–Trinajstić information content (AvgIpc) is 3.43. The number of aromatic nitrogens is 5. The number of thiophene rings is 1. The summed E-state index contributed by atoms with van der Waals surface area (Å²) in [4.78, 5) is 15.6. The fraction of sp³-hybridized carbons (Fsp3) is 0.238. The molecule has 0 radical (unpaired) electrons. The molecule has 0 spiro atoms. The molecule has 7 heteroatoms. The normalized spacial score (nSPS) is 11.1. The Kier molecular flexibility index (Phi) is 5.16. The quantitative estimate of drug-likeness (QED) is 0.448. The largest absolute Gasteiger partial charge is 0.348 e. The van der Waals surface area contributed by atoms with Gasteiger partial charge in [-0.05, 0) is 43.0 Å². The van der Waals surface area contributed by atoms with Crippen molar-refractivity contribution < 1.29 is 4.79 Å². The lowest BCUT2D eigenvalue weighted by atomic mass is 10.1. The predicted octanol–water partition coefficient (Wildman–Crippen LogP) is 3.95. The summed E-state index contributed by atoms with van der Waals surface area (Å²) in [5.41, 5.74) is 3.69. The fourth-order valence-electron chi connectivity index (χ4n) is 3.33. The fourth-order valence-corrected chi connectivity index (χ4v) is 4.03. The minimum Gasteiger partial charge on any atom is -0.348 e. The van der Waals surface area contributed by atoms with Gasteiger partial charge in [0.2, 0.25) is 5.82 Å². The topological polar surface area (TPSA) is 65.6 Å². The van der Waals surface area contributed by atoms with Gasteiger partial charge in [0.1, 0.15) is 6.54 Å². The van der Waals surface area contributed by atoms with E-state index < -0.39 is 0 Å². The first-order valence-electron chi connectivity index (χ1n) is 9.17. The number of carbonyl (C=O) groups excluding carboxylic acids is 1. The summed E-state index contributed by atoms with van der Waals surface area (Å²) in [6.07, 6.45) is 0.965. The summed E-state index contributed by atoms with van der Waals surface area (Å²) in [7, 11) is 0. The van der Waals surface area contributed by atoms with Gasteiger partial charge in [0.15, 0.2) is 5.78 Å². The zero-order valence-corrected chi connectivity index (χ0v) is 16.7. The lowest BCUT2D eigenvalue weighted by Crippen LogP contribution is -2.14. The van der Waals surface area contributed by atoms with E-state index in [2.05, 4.69) is 37.5 Å². The van der Waals surface area contributed by atoms with Crippen LogP contribution in [0.1, 0.15) is 26.6 Å². The van der Waals surface area contributed by atoms with Gasteiger partial charge in [-0.25, -0.2) is 0 Å². The Labute approximate surface area is 167 Å². The molecule has 0 saturated carbocycles. The first-order chi connectivity index (χ1) is 13.6. The van der Waals surface area contributed by atoms with Gasteiger partial charge >= 0.3 is 0 Å². The Balaban J connectivity index is 1.48. The van der Waals surface area contributed by atoms with Crippen molar-refractivity contribution in [2.75, 3.05) is 0 Å². The van der Waals surface area contributed by atoms with Gasteiger partial charge in [-0.2, -0.15) is 4.80 Å². The molecule has 0 aliphatic rings. The van der Waals surface area contributed by atoms with Crippen molar-refractivity contribution in [1.29, 1.82) is 0 Å². The molecule has 0 N–H and O–H groups in total. The van der Waals surface area contributed by atoms with E-state index in [9.17, 15) is 4.79 Å². The SMILES string of the molecule is Cc1cc(C(=O)Cn2nnc(-c3ccccc3)n2)c(C)n1CCc1cccs1. The number of hydrogen-bond donors (Lipinski definition) is 0. The second kappa shape index (κ2) is 7.90. The average molecular weight is 392 g/mol. The van der Waals surface area contributed by atoms with Crippen LogP contribution in [0.3, 0.4) is 0 Å². The molecule has 6 nitrogen and oxygen atoms in total. The van der Waals surface area contributed by atoms with Crippen LogP contribution in [0.25, 0.3) is 11.4 Å². The number of Topliss-reactive ketones (excluding diaryl/α,β-unsaturated/α-hetero) is 1. The van der Waals surface area contributed by atoms with Crippen molar-refractivity contribution >= 4 is 17.1 Å². The highest BCUT2D eigenvalue weighted by atomic mass is 32.1. The summed E-state index contributed by atoms with van der Waals surface area (Å²) in [6, 6.07) is 15.8. The Morgan fingerprint density at radius 1 is 1.11 bits per heavy atom. The van der Waals surface area contributed by atoms with Crippen LogP contribution in [0.4, 0.5) is 0 Å². The number of tetrazole rings is 1. The molecule has 3 aromatic heterocycles. The standard InChI is InChI=1S/C21H21N5OS/c1-15-13-19(16(2)25(15)11-10-18-9-6-12-28-18)20(27)14-26-23-21(22-24-26)17-7-4-3-5-8-17/h3-9,12-13H,10-11,14H2,1-2H3. The highest BCUT2D eigenvalue weighted by molar-refractivity contribution is 7.09. The smallest absolute Gasteiger partial charge is 0.204 e. The van der Waals surface area contributed by atoms with Crippen LogP contribution in [0.2, 0.25) is 0 Å². The molecule has 0 aliphatic carbocycles. The van der Waals surface area contributed by atoms with E-state index in [1.165, 1.54) is 9.67 Å². The molecule has 0 saturated heterocycles. The Morgan fingerprint density at radius 3 is 2.68 bits per heavy atom. The zero-order chi connectivity index (χ0) is 19.5. The van der Waals surface area contributed by atoms with Gasteiger partial charge in [-0.1, -0.05) is 36.4 Å². The second-order valence-corrected chi connectivity index (χ2v) is 7.73. The minimum absolute atomic E-state index is 0.00696. The number of aryl methyl sites for hydroxylation is 2. The number of carbonyl (C=O) groups is 1. The zero-order valence-electron chi connectivity index (χ0n) is 15.9. The molecule has 0 aliphatic heterocycles. The molecule has 3 heterocycles. The Bertz CT molecular complexity index is 1080. The maximum Gasteiger partial charge on any atom is 0.204 e. The number of ketones is 1. The first-order valence-corrected chi connectivity index (χ1v) is 10.1. The monoisotopic (exact) mass is 391 g/mol. The Hall–Kier alpha value is -3.06. The molecule has 28 heavy (non-hydrogen) atoms. The second-order valence-electron chi connectivity index (χ2n) is 6.70. The summed E-state index contributed by atoms with van der Waals surface area (Å²) in [5.74, 6) is 0.516. The van der Waals surface area contributed by atoms with Gasteiger partial charge in [0.25, 0.3) is 0 Å². The van der Waals surface area contributed by atoms with Gasteiger partial charge < -0.3 is 4.57 Å². The molecule has 0 unspecified atom stereocenters. The van der Waals surface area contributed by atoms with E-state index in [-0.39, 0.29) is 12.3 Å². The van der Waals surface area contributed by atoms with Crippen molar-refractivity contribution in [1.82, 2.24) is 24.8 Å². The third-order valence-electron chi connectivity index (χ3n) is 4.81. The molecule has 0 amide bonds. The van der Waals surface area contributed by atoms with E-state index in [1.54, 1.807) is 11.3 Å². The van der Waals surface area contributed by atoms with Gasteiger partial charge in [0.05, 0.1) is 0 Å². The highest BCUT2D eigenvalue weighted by Crippen LogP contribution is 2.19. The number of nitrogens with zero attached hydrogens (tertiary/aromatic N) is 5. The molecule has 4 aromatic rings. The molecule has 0 bridgehead atoms. The Morgan fingerprint density at radius 2 is 1.93 bits per heavy atom. The molecule has 4 rings (SSSR count). The molecular formula is C21H21N5OS. The van der Waals surface area contributed by atoms with Gasteiger partial charge in [-0.15, -0.1) is 21.5 Å². The van der Waals surface area contributed by atoms with Crippen LogP contribution in [-0.4, -0.2) is 30.6 Å². The summed E-state index contributed by atoms with van der Waals surface area (Å²) < 4.78 is 2.21. The van der Waals surface area contributed by atoms with Gasteiger partial charge in [-0.3, -0.25) is 4.79 Å². The summed E-state index contributed by atoms with van der Waals surface area (Å²) in [6.45, 7) is 4.98. The van der Waals surface area contributed by atoms with Crippen LogP contribution in [0.5, 0.6) is 0 Å². The summed E-state index contributed by atoms with van der Waals surface area (Å²) in [5, 5.41) is 14.5. The minimum atomic E-state index is -0.00696. The van der Waals surface area contributed by atoms with Crippen LogP contribution in [0.15, 0.2) is 53.9 Å². The molecule has 0 atom stereocenters. The third-order valence-corrected chi connectivity index (χ3v) is 5.74. The molecule has 0 fully saturated rings. The molecule has 1 aromatic carbocycles. The van der Waals surface area contributed by atoms with Crippen molar-refractivity contribution in [3.8, 4) is 11.4 Å². The van der Waals surface area contributed by atoms with Crippen molar-refractivity contribution in [3.05, 3.63) is 75.7 Å². The van der Waals surface area contributed by atoms with Crippen LogP contribution in [0, 0.1) is 13.8 Å². The number of rotatable bonds is 7. The van der Waals surface area contributed by atoms with E-state index in [1.807, 2.05) is 50.2 Å². The predicted molar refractivity (Wildman–Crippen MR) is 110 cm³/mol. The van der Waals surface area contributed by atoms with E-state index in [0.717, 1.165) is 35.5 Å². The number of hydrogen-bond acceptors (Lipinski definition) is 5. The maximum absolute atomic E-state index is 12.8. The lowest BCUT2D eigenvalue weighted by Gasteiger charge is -2.09. The first kappa shape index (κ1) is 18.3. The van der Waals surface area contributed by atoms with E-state index in [4.69, 9.17) is 0 Å². The maximum atomic E-state index is 12.8. The molecule has 142 valence electrons. The van der Waals surface area contributed by atoms with E-state index >= 15 is 0 Å². The van der Waals surface area contributed by atoms with Crippen molar-refractivity contribution in [2.45, 2.75) is 33.4 Å². The molecular weight excluding hydrogens is 370 g/mol. The third kappa shape index (κ3) is 3.80. The number of benzene rings is 1. The van der Waals surface area contributed by atoms with Crippen molar-refractivity contribution in [2.24, 2.45) is 0 Å². The highest BCUT2D eigenvalue weighted by Gasteiger charge is 2.17. The van der Waals surface area contributed by atoms with Crippen LogP contribution >= 0.6 is 11.3 Å². The van der Waals surface area contributed by atoms with Crippen molar-refractivity contribution in [3.63, 3.8) is 0 Å². The van der Waals surface area contributed by atoms with Gasteiger partial charge in [0, 0.05) is 33.9 Å². The van der Waals surface area contributed by atoms with Crippen LogP contribution in [-0.2, 0) is 19.5 Å².